The summed E-state index contributed by atoms with van der Waals surface area (Å²) in [4.78, 5) is 17.5. The number of nitrogens with zero attached hydrogens (tertiary/aromatic N) is 2. The van der Waals surface area contributed by atoms with E-state index in [1.54, 1.807) is 13.3 Å². The zero-order valence-electron chi connectivity index (χ0n) is 15.6. The summed E-state index contributed by atoms with van der Waals surface area (Å²) in [6.45, 7) is 1.98. The molecule has 0 saturated heterocycles. The second kappa shape index (κ2) is 7.10. The lowest BCUT2D eigenvalue weighted by Gasteiger charge is -2.31. The van der Waals surface area contributed by atoms with E-state index in [0.717, 1.165) is 22.4 Å². The molecule has 1 aliphatic carbocycles. The van der Waals surface area contributed by atoms with Gasteiger partial charge in [0.05, 0.1) is 24.2 Å². The molecule has 1 heterocycles. The van der Waals surface area contributed by atoms with Gasteiger partial charge in [0, 0.05) is 17.5 Å². The third kappa shape index (κ3) is 3.04. The highest BCUT2D eigenvalue weighted by molar-refractivity contribution is 7.13. The van der Waals surface area contributed by atoms with E-state index in [2.05, 4.69) is 16.4 Å². The Balaban J connectivity index is 1.82. The van der Waals surface area contributed by atoms with E-state index in [0.29, 0.717) is 17.1 Å². The van der Waals surface area contributed by atoms with Crippen LogP contribution >= 0.6 is 11.3 Å². The van der Waals surface area contributed by atoms with Crippen molar-refractivity contribution in [3.8, 4) is 11.8 Å². The molecular formula is C22H19N3O2S. The van der Waals surface area contributed by atoms with E-state index in [1.165, 1.54) is 11.3 Å². The summed E-state index contributed by atoms with van der Waals surface area (Å²) in [5, 5.41) is 14.8. The van der Waals surface area contributed by atoms with Crippen LogP contribution in [-0.2, 0) is 11.2 Å². The first-order valence-corrected chi connectivity index (χ1v) is 9.81. The van der Waals surface area contributed by atoms with Gasteiger partial charge >= 0.3 is 0 Å². The number of nitrogens with one attached hydrogen (secondary N) is 1. The van der Waals surface area contributed by atoms with Crippen LogP contribution in [0.4, 0.5) is 5.13 Å². The van der Waals surface area contributed by atoms with Gasteiger partial charge in [-0.2, -0.15) is 5.26 Å². The van der Waals surface area contributed by atoms with Crippen LogP contribution < -0.4 is 10.1 Å². The van der Waals surface area contributed by atoms with Gasteiger partial charge in [0.15, 0.2) is 5.13 Å². The zero-order valence-corrected chi connectivity index (χ0v) is 16.4. The first kappa shape index (κ1) is 18.2. The number of benzene rings is 2. The molecule has 2 atom stereocenters. The van der Waals surface area contributed by atoms with Gasteiger partial charge < -0.3 is 10.1 Å². The van der Waals surface area contributed by atoms with E-state index >= 15 is 0 Å². The van der Waals surface area contributed by atoms with Gasteiger partial charge in [-0.25, -0.2) is 4.98 Å². The second-order valence-electron chi connectivity index (χ2n) is 7.12. The second-order valence-corrected chi connectivity index (χ2v) is 8.02. The average molecular weight is 389 g/mol. The molecule has 0 bridgehead atoms. The number of carbonyl (C=O) groups excluding carboxylic acids is 1. The van der Waals surface area contributed by atoms with Gasteiger partial charge in [0.1, 0.15) is 5.75 Å². The van der Waals surface area contributed by atoms with Crippen LogP contribution in [-0.4, -0.2) is 18.0 Å². The van der Waals surface area contributed by atoms with Gasteiger partial charge in [-0.3, -0.25) is 4.79 Å². The van der Waals surface area contributed by atoms with Crippen molar-refractivity contribution < 1.29 is 9.53 Å². The molecule has 1 aromatic heterocycles. The molecule has 0 aliphatic heterocycles. The molecule has 4 rings (SSSR count). The van der Waals surface area contributed by atoms with E-state index in [4.69, 9.17) is 4.74 Å². The number of carbonyl (C=O) groups is 1. The van der Waals surface area contributed by atoms with Crippen LogP contribution in [0.5, 0.6) is 5.75 Å². The molecule has 0 fully saturated rings. The number of thiazole rings is 1. The Morgan fingerprint density at radius 3 is 2.93 bits per heavy atom. The maximum absolute atomic E-state index is 13.4. The van der Waals surface area contributed by atoms with Crippen molar-refractivity contribution >= 4 is 22.4 Å². The molecule has 0 radical (unpaired) electrons. The minimum Gasteiger partial charge on any atom is -0.497 e. The van der Waals surface area contributed by atoms with Crippen molar-refractivity contribution in [2.75, 3.05) is 12.4 Å². The average Bonchev–Trinajstić information content (AvgIpc) is 3.32. The fraction of sp³-hybridized carbons (Fsp3) is 0.227. The summed E-state index contributed by atoms with van der Waals surface area (Å²) < 4.78 is 5.40. The summed E-state index contributed by atoms with van der Waals surface area (Å²) >= 11 is 1.40. The van der Waals surface area contributed by atoms with E-state index in [9.17, 15) is 10.1 Å². The summed E-state index contributed by atoms with van der Waals surface area (Å²) in [6.07, 6.45) is 2.26. The standard InChI is InChI=1S/C22H19N3O2S/c1-22(20(26)25-21-24-8-9-28-21)12-16-7-6-14(13-23)10-18(16)19(22)15-4-3-5-17(11-15)27-2/h3-11,19H,12H2,1-2H3,(H,24,25,26)/t19-,22+/m1/s1. The minimum absolute atomic E-state index is 0.0787. The highest BCUT2D eigenvalue weighted by Gasteiger charge is 2.49. The largest absolute Gasteiger partial charge is 0.497 e. The van der Waals surface area contributed by atoms with Gasteiger partial charge in [-0.1, -0.05) is 18.2 Å². The van der Waals surface area contributed by atoms with Crippen molar-refractivity contribution in [3.05, 3.63) is 76.3 Å². The van der Waals surface area contributed by atoms with Crippen molar-refractivity contribution in [1.29, 1.82) is 5.26 Å². The van der Waals surface area contributed by atoms with Crippen molar-refractivity contribution in [2.45, 2.75) is 19.3 Å². The third-order valence-corrected chi connectivity index (χ3v) is 6.07. The Labute approximate surface area is 167 Å². The summed E-state index contributed by atoms with van der Waals surface area (Å²) in [5.41, 5.74) is 2.97. The monoisotopic (exact) mass is 389 g/mol. The van der Waals surface area contributed by atoms with E-state index in [-0.39, 0.29) is 11.8 Å². The first-order chi connectivity index (χ1) is 13.5. The molecule has 1 N–H and O–H groups in total. The fourth-order valence-electron chi connectivity index (χ4n) is 4.04. The van der Waals surface area contributed by atoms with Crippen LogP contribution in [0.25, 0.3) is 0 Å². The Hall–Kier alpha value is -3.17. The number of fused-ring (bicyclic) bond motifs is 1. The first-order valence-electron chi connectivity index (χ1n) is 8.93. The van der Waals surface area contributed by atoms with Gasteiger partial charge in [-0.05, 0) is 54.3 Å². The quantitative estimate of drug-likeness (QED) is 0.719. The molecule has 6 heteroatoms. The molecule has 0 saturated carbocycles. The lowest BCUT2D eigenvalue weighted by Crippen LogP contribution is -2.37. The lowest BCUT2D eigenvalue weighted by atomic mass is 9.73. The molecule has 1 aliphatic rings. The van der Waals surface area contributed by atoms with Crippen molar-refractivity contribution in [1.82, 2.24) is 4.98 Å². The fourth-order valence-corrected chi connectivity index (χ4v) is 4.56. The SMILES string of the molecule is COc1cccc([C@@H]2c3cc(C#N)ccc3C[C@]2(C)C(=O)Nc2nccs2)c1. The number of nitriles is 1. The number of anilines is 1. The summed E-state index contributed by atoms with van der Waals surface area (Å²) in [7, 11) is 1.63. The number of hydrogen-bond acceptors (Lipinski definition) is 5. The van der Waals surface area contributed by atoms with Crippen LogP contribution in [0.15, 0.2) is 54.0 Å². The highest BCUT2D eigenvalue weighted by atomic mass is 32.1. The topological polar surface area (TPSA) is 75.0 Å². The van der Waals surface area contributed by atoms with Crippen LogP contribution in [0.3, 0.4) is 0 Å². The number of ether oxygens (including phenoxy) is 1. The lowest BCUT2D eigenvalue weighted by molar-refractivity contribution is -0.125. The number of amides is 1. The molecule has 1 amide bonds. The maximum atomic E-state index is 13.4. The Bertz CT molecular complexity index is 1070. The maximum Gasteiger partial charge on any atom is 0.233 e. The molecule has 140 valence electrons. The predicted octanol–water partition coefficient (Wildman–Crippen LogP) is 4.36. The minimum atomic E-state index is -0.714. The third-order valence-electron chi connectivity index (χ3n) is 5.38. The summed E-state index contributed by atoms with van der Waals surface area (Å²) in [6, 6.07) is 15.7. The zero-order chi connectivity index (χ0) is 19.7. The Kier molecular flexibility index (Phi) is 4.62. The highest BCUT2D eigenvalue weighted by Crippen LogP contribution is 2.52. The number of methoxy groups -OCH3 is 1. The molecule has 5 nitrogen and oxygen atoms in total. The van der Waals surface area contributed by atoms with Crippen molar-refractivity contribution in [2.24, 2.45) is 5.41 Å². The van der Waals surface area contributed by atoms with E-state index < -0.39 is 5.41 Å². The molecule has 0 unspecified atom stereocenters. The number of rotatable bonds is 4. The van der Waals surface area contributed by atoms with Gasteiger partial charge in [0.25, 0.3) is 0 Å². The molecule has 0 spiro atoms. The molecule has 28 heavy (non-hydrogen) atoms. The summed E-state index contributed by atoms with van der Waals surface area (Å²) in [5.74, 6) is 0.473. The van der Waals surface area contributed by atoms with Crippen LogP contribution in [0.2, 0.25) is 0 Å². The van der Waals surface area contributed by atoms with Gasteiger partial charge in [-0.15, -0.1) is 11.3 Å². The smallest absolute Gasteiger partial charge is 0.233 e. The Morgan fingerprint density at radius 1 is 1.36 bits per heavy atom. The normalized spacial score (nSPS) is 20.2. The van der Waals surface area contributed by atoms with Crippen molar-refractivity contribution in [3.63, 3.8) is 0 Å². The van der Waals surface area contributed by atoms with Crippen LogP contribution in [0, 0.1) is 16.7 Å². The predicted molar refractivity (Wildman–Crippen MR) is 109 cm³/mol. The Morgan fingerprint density at radius 2 is 2.21 bits per heavy atom. The van der Waals surface area contributed by atoms with E-state index in [1.807, 2.05) is 54.8 Å². The van der Waals surface area contributed by atoms with Crippen LogP contribution in [0.1, 0.15) is 35.1 Å². The number of hydrogen-bond donors (Lipinski definition) is 1. The number of aromatic nitrogens is 1. The molecule has 3 aromatic rings. The molecule has 2 aromatic carbocycles. The van der Waals surface area contributed by atoms with Gasteiger partial charge in [0.2, 0.25) is 5.91 Å². The molecular weight excluding hydrogens is 370 g/mol.